The Morgan fingerprint density at radius 3 is 2.57 bits per heavy atom. The second-order valence-corrected chi connectivity index (χ2v) is 8.62. The molecule has 0 aliphatic rings. The first kappa shape index (κ1) is 19.8. The molecule has 0 aliphatic carbocycles. The number of carbonyl (C=O) groups excluding carboxylic acids is 1. The van der Waals surface area contributed by atoms with Crippen LogP contribution in [-0.4, -0.2) is 42.3 Å². The zero-order valence-electron chi connectivity index (χ0n) is 16.0. The van der Waals surface area contributed by atoms with Gasteiger partial charge in [0.05, 0.1) is 10.6 Å². The van der Waals surface area contributed by atoms with Crippen LogP contribution in [0.5, 0.6) is 0 Å². The summed E-state index contributed by atoms with van der Waals surface area (Å²) in [6, 6.07) is 13.7. The van der Waals surface area contributed by atoms with Gasteiger partial charge >= 0.3 is 0 Å². The van der Waals surface area contributed by atoms with Crippen molar-refractivity contribution in [2.24, 2.45) is 0 Å². The van der Waals surface area contributed by atoms with Crippen molar-refractivity contribution in [1.82, 2.24) is 19.2 Å². The number of rotatable bonds is 6. The van der Waals surface area contributed by atoms with Gasteiger partial charge in [0.15, 0.2) is 0 Å². The third-order valence-electron chi connectivity index (χ3n) is 4.39. The SMILES string of the molecule is Cc1nccn1-c1ccccc1CNC(=O)c1cccc(S(=O)(=O)N(C)C)c1. The van der Waals surface area contributed by atoms with Crippen molar-refractivity contribution in [2.75, 3.05) is 14.1 Å². The number of hydrogen-bond donors (Lipinski definition) is 1. The molecule has 0 aliphatic heterocycles. The van der Waals surface area contributed by atoms with Gasteiger partial charge in [0.2, 0.25) is 10.0 Å². The van der Waals surface area contributed by atoms with E-state index in [0.29, 0.717) is 12.1 Å². The van der Waals surface area contributed by atoms with Gasteiger partial charge in [-0.15, -0.1) is 0 Å². The van der Waals surface area contributed by atoms with E-state index in [1.54, 1.807) is 18.3 Å². The van der Waals surface area contributed by atoms with Gasteiger partial charge in [-0.3, -0.25) is 4.79 Å². The Bertz CT molecular complexity index is 1100. The molecule has 7 nitrogen and oxygen atoms in total. The fourth-order valence-electron chi connectivity index (χ4n) is 2.81. The topological polar surface area (TPSA) is 84.3 Å². The zero-order chi connectivity index (χ0) is 20.3. The molecular weight excluding hydrogens is 376 g/mol. The number of benzene rings is 2. The molecule has 2 aromatic carbocycles. The Morgan fingerprint density at radius 1 is 1.14 bits per heavy atom. The van der Waals surface area contributed by atoms with Gasteiger partial charge in [-0.1, -0.05) is 24.3 Å². The first-order valence-electron chi connectivity index (χ1n) is 8.69. The Hall–Kier alpha value is -2.97. The van der Waals surface area contributed by atoms with Crippen molar-refractivity contribution >= 4 is 15.9 Å². The summed E-state index contributed by atoms with van der Waals surface area (Å²) in [4.78, 5) is 16.9. The lowest BCUT2D eigenvalue weighted by Crippen LogP contribution is -2.25. The summed E-state index contributed by atoms with van der Waals surface area (Å²) in [6.07, 6.45) is 3.59. The number of imidazole rings is 1. The third-order valence-corrected chi connectivity index (χ3v) is 6.20. The van der Waals surface area contributed by atoms with E-state index >= 15 is 0 Å². The van der Waals surface area contributed by atoms with E-state index in [0.717, 1.165) is 21.4 Å². The minimum absolute atomic E-state index is 0.0830. The summed E-state index contributed by atoms with van der Waals surface area (Å²) in [5, 5.41) is 2.86. The van der Waals surface area contributed by atoms with Crippen molar-refractivity contribution in [3.8, 4) is 5.69 Å². The molecule has 1 N–H and O–H groups in total. The smallest absolute Gasteiger partial charge is 0.251 e. The molecule has 0 bridgehead atoms. The van der Waals surface area contributed by atoms with Crippen LogP contribution in [0.25, 0.3) is 5.69 Å². The van der Waals surface area contributed by atoms with Gasteiger partial charge in [-0.05, 0) is 36.8 Å². The van der Waals surface area contributed by atoms with E-state index in [1.807, 2.05) is 42.0 Å². The fraction of sp³-hybridized carbons (Fsp3) is 0.200. The molecule has 0 spiro atoms. The van der Waals surface area contributed by atoms with Gasteiger partial charge in [-0.25, -0.2) is 17.7 Å². The van der Waals surface area contributed by atoms with Crippen LogP contribution in [-0.2, 0) is 16.6 Å². The molecule has 0 saturated heterocycles. The predicted octanol–water partition coefficient (Wildman–Crippen LogP) is 2.36. The summed E-state index contributed by atoms with van der Waals surface area (Å²) in [6.45, 7) is 2.21. The van der Waals surface area contributed by atoms with Gasteiger partial charge in [0, 0.05) is 38.6 Å². The van der Waals surface area contributed by atoms with Crippen LogP contribution >= 0.6 is 0 Å². The van der Waals surface area contributed by atoms with Crippen LogP contribution in [0.3, 0.4) is 0 Å². The van der Waals surface area contributed by atoms with E-state index in [9.17, 15) is 13.2 Å². The molecule has 8 heteroatoms. The zero-order valence-corrected chi connectivity index (χ0v) is 16.8. The van der Waals surface area contributed by atoms with Crippen LogP contribution in [0.1, 0.15) is 21.7 Å². The third kappa shape index (κ3) is 3.97. The maximum atomic E-state index is 12.6. The van der Waals surface area contributed by atoms with E-state index in [1.165, 1.54) is 26.2 Å². The summed E-state index contributed by atoms with van der Waals surface area (Å²) in [5.74, 6) is 0.508. The van der Waals surface area contributed by atoms with Crippen LogP contribution in [0.4, 0.5) is 0 Å². The molecule has 3 rings (SSSR count). The highest BCUT2D eigenvalue weighted by Gasteiger charge is 2.19. The first-order chi connectivity index (χ1) is 13.3. The summed E-state index contributed by atoms with van der Waals surface area (Å²) in [7, 11) is -0.687. The minimum Gasteiger partial charge on any atom is -0.348 e. The molecule has 0 fully saturated rings. The van der Waals surface area contributed by atoms with E-state index < -0.39 is 10.0 Å². The molecular formula is C20H22N4O3S. The minimum atomic E-state index is -3.60. The number of aromatic nitrogens is 2. The van der Waals surface area contributed by atoms with E-state index in [4.69, 9.17) is 0 Å². The quantitative estimate of drug-likeness (QED) is 0.691. The molecule has 0 unspecified atom stereocenters. The molecule has 1 aromatic heterocycles. The number of para-hydroxylation sites is 1. The van der Waals surface area contributed by atoms with Gasteiger partial charge in [0.1, 0.15) is 5.82 Å². The molecule has 1 heterocycles. The number of nitrogens with one attached hydrogen (secondary N) is 1. The second-order valence-electron chi connectivity index (χ2n) is 6.47. The molecule has 146 valence electrons. The van der Waals surface area contributed by atoms with Crippen molar-refractivity contribution in [1.29, 1.82) is 0 Å². The molecule has 28 heavy (non-hydrogen) atoms. The highest BCUT2D eigenvalue weighted by Crippen LogP contribution is 2.17. The van der Waals surface area contributed by atoms with Crippen LogP contribution in [0, 0.1) is 6.92 Å². The molecule has 0 atom stereocenters. The van der Waals surface area contributed by atoms with Crippen molar-refractivity contribution in [3.05, 3.63) is 77.9 Å². The summed E-state index contributed by atoms with van der Waals surface area (Å²) < 4.78 is 27.6. The maximum absolute atomic E-state index is 12.6. The fourth-order valence-corrected chi connectivity index (χ4v) is 3.76. The Morgan fingerprint density at radius 2 is 1.89 bits per heavy atom. The number of amides is 1. The summed E-state index contributed by atoms with van der Waals surface area (Å²) in [5.41, 5.74) is 2.15. The standard InChI is InChI=1S/C20H22N4O3S/c1-15-21-11-12-24(15)19-10-5-4-7-17(19)14-22-20(25)16-8-6-9-18(13-16)28(26,27)23(2)3/h4-13H,14H2,1-3H3,(H,22,25). The molecule has 1 amide bonds. The highest BCUT2D eigenvalue weighted by molar-refractivity contribution is 7.89. The van der Waals surface area contributed by atoms with Crippen molar-refractivity contribution in [3.63, 3.8) is 0 Å². The van der Waals surface area contributed by atoms with Crippen LogP contribution in [0.2, 0.25) is 0 Å². The molecule has 0 radical (unpaired) electrons. The monoisotopic (exact) mass is 398 g/mol. The van der Waals surface area contributed by atoms with Gasteiger partial charge in [-0.2, -0.15) is 0 Å². The Balaban J connectivity index is 1.80. The number of aryl methyl sites for hydroxylation is 1. The number of hydrogen-bond acceptors (Lipinski definition) is 4. The normalized spacial score (nSPS) is 11.6. The summed E-state index contributed by atoms with van der Waals surface area (Å²) >= 11 is 0. The lowest BCUT2D eigenvalue weighted by atomic mass is 10.1. The Kier molecular flexibility index (Phi) is 5.62. The van der Waals surface area contributed by atoms with Crippen molar-refractivity contribution < 1.29 is 13.2 Å². The first-order valence-corrected chi connectivity index (χ1v) is 10.1. The maximum Gasteiger partial charge on any atom is 0.251 e. The number of carbonyl (C=O) groups is 1. The van der Waals surface area contributed by atoms with Crippen LogP contribution < -0.4 is 5.32 Å². The van der Waals surface area contributed by atoms with Crippen LogP contribution in [0.15, 0.2) is 65.8 Å². The lowest BCUT2D eigenvalue weighted by Gasteiger charge is -2.14. The van der Waals surface area contributed by atoms with Gasteiger partial charge < -0.3 is 9.88 Å². The van der Waals surface area contributed by atoms with E-state index in [-0.39, 0.29) is 10.8 Å². The molecule has 0 saturated carbocycles. The predicted molar refractivity (Wildman–Crippen MR) is 107 cm³/mol. The van der Waals surface area contributed by atoms with E-state index in [2.05, 4.69) is 10.3 Å². The lowest BCUT2D eigenvalue weighted by molar-refractivity contribution is 0.0950. The number of nitrogens with zero attached hydrogens (tertiary/aromatic N) is 3. The molecule has 3 aromatic rings. The number of sulfonamides is 1. The van der Waals surface area contributed by atoms with Gasteiger partial charge in [0.25, 0.3) is 5.91 Å². The second kappa shape index (κ2) is 7.95. The van der Waals surface area contributed by atoms with Crippen molar-refractivity contribution in [2.45, 2.75) is 18.4 Å². The average Bonchev–Trinajstić information content (AvgIpc) is 3.12. The highest BCUT2D eigenvalue weighted by atomic mass is 32.2. The largest absolute Gasteiger partial charge is 0.348 e. The Labute approximate surface area is 164 Å². The average molecular weight is 398 g/mol.